The maximum Gasteiger partial charge on any atom is 0.309 e. The van der Waals surface area contributed by atoms with E-state index in [1.807, 2.05) is 0 Å². The van der Waals surface area contributed by atoms with Crippen LogP contribution in [0, 0.1) is 24.0 Å². The van der Waals surface area contributed by atoms with Gasteiger partial charge in [0.05, 0.1) is 11.5 Å². The molecule has 2 N–H and O–H groups in total. The van der Waals surface area contributed by atoms with Crippen molar-refractivity contribution in [3.05, 3.63) is 34.9 Å². The number of aryl methyl sites for hydroxylation is 1. The van der Waals surface area contributed by atoms with Crippen LogP contribution in [0.2, 0.25) is 0 Å². The van der Waals surface area contributed by atoms with Gasteiger partial charge in [-0.05, 0) is 44.9 Å². The van der Waals surface area contributed by atoms with Crippen LogP contribution < -0.4 is 0 Å². The third-order valence-electron chi connectivity index (χ3n) is 2.92. The van der Waals surface area contributed by atoms with Crippen LogP contribution in [0.3, 0.4) is 0 Å². The summed E-state index contributed by atoms with van der Waals surface area (Å²) in [5.41, 5.74) is -1.29. The third kappa shape index (κ3) is 3.04. The molecule has 18 heavy (non-hydrogen) atoms. The van der Waals surface area contributed by atoms with Gasteiger partial charge in [-0.25, -0.2) is 8.78 Å². The Balaban J connectivity index is 3.01. The van der Waals surface area contributed by atoms with E-state index in [0.717, 1.165) is 12.1 Å². The zero-order valence-electron chi connectivity index (χ0n) is 10.5. The fourth-order valence-electron chi connectivity index (χ4n) is 1.60. The van der Waals surface area contributed by atoms with Gasteiger partial charge in [0, 0.05) is 5.56 Å². The SMILES string of the molecule is Cc1cc(F)c(C(O)CC(C)(C)C(=O)O)cc1F. The Bertz CT molecular complexity index is 470. The molecule has 1 unspecified atom stereocenters. The summed E-state index contributed by atoms with van der Waals surface area (Å²) in [6.07, 6.45) is -1.55. The molecule has 1 aromatic carbocycles. The first-order valence-corrected chi connectivity index (χ1v) is 5.52. The van der Waals surface area contributed by atoms with Crippen LogP contribution in [-0.4, -0.2) is 16.2 Å². The quantitative estimate of drug-likeness (QED) is 0.873. The highest BCUT2D eigenvalue weighted by Gasteiger charge is 2.31. The fourth-order valence-corrected chi connectivity index (χ4v) is 1.60. The zero-order chi connectivity index (χ0) is 14.1. The molecule has 0 heterocycles. The van der Waals surface area contributed by atoms with Gasteiger partial charge in [-0.1, -0.05) is 0 Å². The lowest BCUT2D eigenvalue weighted by molar-refractivity contribution is -0.148. The molecule has 1 rings (SSSR count). The Hall–Kier alpha value is -1.49. The monoisotopic (exact) mass is 258 g/mol. The minimum Gasteiger partial charge on any atom is -0.481 e. The van der Waals surface area contributed by atoms with Crippen molar-refractivity contribution >= 4 is 5.97 Å². The smallest absolute Gasteiger partial charge is 0.309 e. The number of benzene rings is 1. The second-order valence-electron chi connectivity index (χ2n) is 5.03. The van der Waals surface area contributed by atoms with Crippen molar-refractivity contribution in [2.75, 3.05) is 0 Å². The van der Waals surface area contributed by atoms with E-state index >= 15 is 0 Å². The van der Waals surface area contributed by atoms with E-state index in [-0.39, 0.29) is 17.5 Å². The molecule has 0 aliphatic heterocycles. The molecule has 0 saturated carbocycles. The van der Waals surface area contributed by atoms with Crippen LogP contribution in [0.1, 0.15) is 37.5 Å². The first-order chi connectivity index (χ1) is 8.15. The Morgan fingerprint density at radius 1 is 1.33 bits per heavy atom. The summed E-state index contributed by atoms with van der Waals surface area (Å²) < 4.78 is 26.9. The van der Waals surface area contributed by atoms with Crippen LogP contribution in [-0.2, 0) is 4.79 Å². The predicted octanol–water partition coefficient (Wildman–Crippen LogP) is 2.81. The van der Waals surface area contributed by atoms with Crippen LogP contribution in [0.5, 0.6) is 0 Å². The van der Waals surface area contributed by atoms with Crippen LogP contribution in [0.4, 0.5) is 8.78 Å². The molecule has 0 amide bonds. The van der Waals surface area contributed by atoms with E-state index in [1.165, 1.54) is 20.8 Å². The standard InChI is InChI=1S/C13H16F2O3/c1-7-4-10(15)8(5-9(7)14)11(16)6-13(2,3)12(17)18/h4-5,11,16H,6H2,1-3H3,(H,17,18). The highest BCUT2D eigenvalue weighted by Crippen LogP contribution is 2.32. The average Bonchev–Trinajstić information content (AvgIpc) is 2.22. The van der Waals surface area contributed by atoms with Gasteiger partial charge in [-0.3, -0.25) is 4.79 Å². The molecule has 0 aliphatic carbocycles. The zero-order valence-corrected chi connectivity index (χ0v) is 10.5. The number of carbonyl (C=O) groups is 1. The maximum absolute atomic E-state index is 13.6. The van der Waals surface area contributed by atoms with Crippen molar-refractivity contribution in [3.63, 3.8) is 0 Å². The molecule has 1 aromatic rings. The van der Waals surface area contributed by atoms with Gasteiger partial charge in [0.1, 0.15) is 11.6 Å². The topological polar surface area (TPSA) is 57.5 Å². The minimum atomic E-state index is -1.36. The molecule has 0 aromatic heterocycles. The number of hydrogen-bond acceptors (Lipinski definition) is 2. The third-order valence-corrected chi connectivity index (χ3v) is 2.92. The largest absolute Gasteiger partial charge is 0.481 e. The van der Waals surface area contributed by atoms with Gasteiger partial charge < -0.3 is 10.2 Å². The number of aliphatic hydroxyl groups is 1. The van der Waals surface area contributed by atoms with Gasteiger partial charge in [0.25, 0.3) is 0 Å². The van der Waals surface area contributed by atoms with E-state index in [2.05, 4.69) is 0 Å². The lowest BCUT2D eigenvalue weighted by Gasteiger charge is -2.23. The van der Waals surface area contributed by atoms with E-state index in [4.69, 9.17) is 5.11 Å². The highest BCUT2D eigenvalue weighted by atomic mass is 19.1. The number of halogens is 2. The number of aliphatic hydroxyl groups excluding tert-OH is 1. The summed E-state index contributed by atoms with van der Waals surface area (Å²) in [5, 5.41) is 18.8. The number of carboxylic acids is 1. The molecule has 0 spiro atoms. The Labute approximate surface area is 104 Å². The van der Waals surface area contributed by atoms with Gasteiger partial charge in [-0.2, -0.15) is 0 Å². The van der Waals surface area contributed by atoms with Gasteiger partial charge in [0.2, 0.25) is 0 Å². The molecule has 0 aliphatic rings. The molecule has 0 radical (unpaired) electrons. The molecule has 1 atom stereocenters. The summed E-state index contributed by atoms with van der Waals surface area (Å²) in [5.74, 6) is -2.46. The number of rotatable bonds is 4. The van der Waals surface area contributed by atoms with Crippen molar-refractivity contribution in [1.82, 2.24) is 0 Å². The molecule has 100 valence electrons. The van der Waals surface area contributed by atoms with Crippen LogP contribution in [0.25, 0.3) is 0 Å². The van der Waals surface area contributed by atoms with Crippen LogP contribution in [0.15, 0.2) is 12.1 Å². The lowest BCUT2D eigenvalue weighted by Crippen LogP contribution is -2.26. The molecule has 3 nitrogen and oxygen atoms in total. The lowest BCUT2D eigenvalue weighted by atomic mass is 9.84. The van der Waals surface area contributed by atoms with Gasteiger partial charge >= 0.3 is 5.97 Å². The first-order valence-electron chi connectivity index (χ1n) is 5.52. The van der Waals surface area contributed by atoms with Crippen LogP contribution >= 0.6 is 0 Å². The maximum atomic E-state index is 13.6. The van der Waals surface area contributed by atoms with Crippen molar-refractivity contribution in [2.24, 2.45) is 5.41 Å². The minimum absolute atomic E-state index is 0.140. The van der Waals surface area contributed by atoms with E-state index in [0.29, 0.717) is 0 Å². The Kier molecular flexibility index (Phi) is 4.06. The van der Waals surface area contributed by atoms with E-state index in [9.17, 15) is 18.7 Å². The number of carboxylic acid groups (broad SMARTS) is 1. The van der Waals surface area contributed by atoms with Crippen molar-refractivity contribution < 1.29 is 23.8 Å². The first kappa shape index (κ1) is 14.6. The van der Waals surface area contributed by atoms with Gasteiger partial charge in [-0.15, -0.1) is 0 Å². The Morgan fingerprint density at radius 3 is 2.39 bits per heavy atom. The van der Waals surface area contributed by atoms with Crippen molar-refractivity contribution in [1.29, 1.82) is 0 Å². The number of hydrogen-bond donors (Lipinski definition) is 2. The molecule has 0 saturated heterocycles. The predicted molar refractivity (Wildman–Crippen MR) is 62.1 cm³/mol. The second-order valence-corrected chi connectivity index (χ2v) is 5.03. The fraction of sp³-hybridized carbons (Fsp3) is 0.462. The van der Waals surface area contributed by atoms with E-state index < -0.39 is 29.1 Å². The molecular weight excluding hydrogens is 242 g/mol. The summed E-state index contributed by atoms with van der Waals surface area (Å²) in [4.78, 5) is 10.9. The van der Waals surface area contributed by atoms with E-state index in [1.54, 1.807) is 0 Å². The average molecular weight is 258 g/mol. The normalized spacial score (nSPS) is 13.4. The van der Waals surface area contributed by atoms with Crippen molar-refractivity contribution in [3.8, 4) is 0 Å². The Morgan fingerprint density at radius 2 is 1.89 bits per heavy atom. The summed E-state index contributed by atoms with van der Waals surface area (Å²) in [7, 11) is 0. The van der Waals surface area contributed by atoms with Crippen molar-refractivity contribution in [2.45, 2.75) is 33.3 Å². The second kappa shape index (κ2) is 5.02. The molecule has 5 heteroatoms. The molecule has 0 bridgehead atoms. The number of aliphatic carboxylic acids is 1. The summed E-state index contributed by atoms with van der Waals surface area (Å²) in [6.45, 7) is 4.25. The summed E-state index contributed by atoms with van der Waals surface area (Å²) in [6, 6.07) is 1.90. The highest BCUT2D eigenvalue weighted by molar-refractivity contribution is 5.73. The molecular formula is C13H16F2O3. The van der Waals surface area contributed by atoms with Gasteiger partial charge in [0.15, 0.2) is 0 Å². The molecule has 0 fully saturated rings. The summed E-state index contributed by atoms with van der Waals surface area (Å²) >= 11 is 0.